The number of likely N-dealkylation sites (tertiary alicyclic amines) is 2. The van der Waals surface area contributed by atoms with Gasteiger partial charge in [0, 0.05) is 50.5 Å². The van der Waals surface area contributed by atoms with Crippen LogP contribution in [0.4, 0.5) is 4.39 Å². The van der Waals surface area contributed by atoms with Crippen LogP contribution in [0.2, 0.25) is 10.0 Å². The van der Waals surface area contributed by atoms with Crippen LogP contribution in [-0.4, -0.2) is 71.7 Å². The second-order valence-corrected chi connectivity index (χ2v) is 12.3. The molecule has 208 valence electrons. The maximum Gasteiger partial charge on any atom is 0.228 e. The Morgan fingerprint density at radius 3 is 2.26 bits per heavy atom. The molecule has 9 heteroatoms. The van der Waals surface area contributed by atoms with Crippen LogP contribution < -0.4 is 0 Å². The zero-order valence-corrected chi connectivity index (χ0v) is 23.8. The summed E-state index contributed by atoms with van der Waals surface area (Å²) in [4.78, 5) is 45.2. The molecule has 1 aliphatic carbocycles. The van der Waals surface area contributed by atoms with Gasteiger partial charge in [-0.1, -0.05) is 48.3 Å². The SMILES string of the molecule is CN(C(=O)Cc1ccc(F)cc1)C1CN(C(=O)C2CCN(C(=O)C3(C)CC3)CC2)C[C@@H]1c1ccc(Cl)c(Cl)c1. The number of hydrogen-bond acceptors (Lipinski definition) is 3. The van der Waals surface area contributed by atoms with Gasteiger partial charge in [0.15, 0.2) is 0 Å². The Hall–Kier alpha value is -2.64. The van der Waals surface area contributed by atoms with E-state index in [1.165, 1.54) is 12.1 Å². The smallest absolute Gasteiger partial charge is 0.228 e. The Kier molecular flexibility index (Phi) is 7.93. The van der Waals surface area contributed by atoms with Crippen LogP contribution in [0.25, 0.3) is 0 Å². The molecule has 2 aliphatic heterocycles. The van der Waals surface area contributed by atoms with Gasteiger partial charge in [0.2, 0.25) is 17.7 Å². The number of halogens is 3. The molecule has 0 spiro atoms. The average Bonchev–Trinajstić information content (AvgIpc) is 3.53. The number of benzene rings is 2. The Labute approximate surface area is 239 Å². The monoisotopic (exact) mass is 573 g/mol. The molecule has 1 saturated carbocycles. The van der Waals surface area contributed by atoms with Crippen LogP contribution in [-0.2, 0) is 20.8 Å². The summed E-state index contributed by atoms with van der Waals surface area (Å²) in [6, 6.07) is 11.1. The van der Waals surface area contributed by atoms with E-state index in [1.807, 2.05) is 28.9 Å². The predicted octanol–water partition coefficient (Wildman–Crippen LogP) is 5.17. The van der Waals surface area contributed by atoms with E-state index in [1.54, 1.807) is 30.1 Å². The van der Waals surface area contributed by atoms with Gasteiger partial charge in [0.05, 0.1) is 22.5 Å². The van der Waals surface area contributed by atoms with Crippen LogP contribution in [0, 0.1) is 17.2 Å². The van der Waals surface area contributed by atoms with Crippen molar-refractivity contribution < 1.29 is 18.8 Å². The van der Waals surface area contributed by atoms with Crippen LogP contribution in [0.1, 0.15) is 49.7 Å². The summed E-state index contributed by atoms with van der Waals surface area (Å²) in [6.07, 6.45) is 3.34. The summed E-state index contributed by atoms with van der Waals surface area (Å²) in [7, 11) is 1.76. The fraction of sp³-hybridized carbons (Fsp3) is 0.500. The van der Waals surface area contributed by atoms with E-state index in [0.29, 0.717) is 49.1 Å². The fourth-order valence-corrected chi connectivity index (χ4v) is 6.19. The zero-order chi connectivity index (χ0) is 27.9. The van der Waals surface area contributed by atoms with Gasteiger partial charge in [-0.05, 0) is 61.1 Å². The van der Waals surface area contributed by atoms with Gasteiger partial charge in [-0.25, -0.2) is 4.39 Å². The van der Waals surface area contributed by atoms with Gasteiger partial charge in [0.1, 0.15) is 5.82 Å². The lowest BCUT2D eigenvalue weighted by Gasteiger charge is -2.34. The van der Waals surface area contributed by atoms with Gasteiger partial charge < -0.3 is 14.7 Å². The lowest BCUT2D eigenvalue weighted by atomic mass is 9.93. The Balaban J connectivity index is 1.30. The number of amides is 3. The van der Waals surface area contributed by atoms with E-state index in [-0.39, 0.29) is 53.3 Å². The van der Waals surface area contributed by atoms with Crippen LogP contribution in [0.3, 0.4) is 0 Å². The Morgan fingerprint density at radius 2 is 1.64 bits per heavy atom. The third-order valence-corrected chi connectivity index (χ3v) is 9.52. The van der Waals surface area contributed by atoms with Crippen molar-refractivity contribution in [3.63, 3.8) is 0 Å². The molecule has 2 atom stereocenters. The van der Waals surface area contributed by atoms with Crippen LogP contribution >= 0.6 is 23.2 Å². The first-order valence-corrected chi connectivity index (χ1v) is 14.3. The summed E-state index contributed by atoms with van der Waals surface area (Å²) in [5.41, 5.74) is 1.45. The van der Waals surface area contributed by atoms with E-state index in [2.05, 4.69) is 0 Å². The number of carbonyl (C=O) groups excluding carboxylic acids is 3. The van der Waals surface area contributed by atoms with E-state index >= 15 is 0 Å². The standard InChI is InChI=1S/C30H34Cl2FN3O3/c1-30(11-12-30)29(39)35-13-9-20(10-14-35)28(38)36-17-23(21-5-8-24(31)25(32)16-21)26(18-36)34(2)27(37)15-19-3-6-22(33)7-4-19/h3-8,16,20,23,26H,9-15,17-18H2,1-2H3/t23-,26?/m1/s1. The average molecular weight is 575 g/mol. The van der Waals surface area contributed by atoms with Gasteiger partial charge in [-0.2, -0.15) is 0 Å². The minimum atomic E-state index is -0.346. The first kappa shape index (κ1) is 27.9. The van der Waals surface area contributed by atoms with Crippen molar-refractivity contribution in [3.8, 4) is 0 Å². The molecule has 1 unspecified atom stereocenters. The number of likely N-dealkylation sites (N-methyl/N-ethyl adjacent to an activating group) is 1. The highest BCUT2D eigenvalue weighted by atomic mass is 35.5. The largest absolute Gasteiger partial charge is 0.342 e. The molecule has 39 heavy (non-hydrogen) atoms. The maximum absolute atomic E-state index is 13.7. The lowest BCUT2D eigenvalue weighted by molar-refractivity contribution is -0.142. The van der Waals surface area contributed by atoms with Crippen molar-refractivity contribution in [1.29, 1.82) is 0 Å². The topological polar surface area (TPSA) is 60.9 Å². The summed E-state index contributed by atoms with van der Waals surface area (Å²) in [6.45, 7) is 4.11. The second-order valence-electron chi connectivity index (χ2n) is 11.5. The normalized spacial score (nSPS) is 22.6. The lowest BCUT2D eigenvalue weighted by Crippen LogP contribution is -2.46. The number of rotatable bonds is 6. The molecule has 6 nitrogen and oxygen atoms in total. The van der Waals surface area contributed by atoms with Gasteiger partial charge in [-0.15, -0.1) is 0 Å². The van der Waals surface area contributed by atoms with E-state index < -0.39 is 0 Å². The van der Waals surface area contributed by atoms with Crippen molar-refractivity contribution in [3.05, 3.63) is 69.5 Å². The van der Waals surface area contributed by atoms with Crippen molar-refractivity contribution in [2.24, 2.45) is 11.3 Å². The zero-order valence-electron chi connectivity index (χ0n) is 22.3. The fourth-order valence-electron chi connectivity index (χ4n) is 5.89. The van der Waals surface area contributed by atoms with E-state index in [9.17, 15) is 18.8 Å². The summed E-state index contributed by atoms with van der Waals surface area (Å²) >= 11 is 12.5. The molecule has 0 N–H and O–H groups in total. The number of nitrogens with zero attached hydrogens (tertiary/aromatic N) is 3. The van der Waals surface area contributed by atoms with E-state index in [4.69, 9.17) is 23.2 Å². The molecule has 2 heterocycles. The van der Waals surface area contributed by atoms with Gasteiger partial charge >= 0.3 is 0 Å². The molecule has 3 amide bonds. The van der Waals surface area contributed by atoms with Gasteiger partial charge in [-0.3, -0.25) is 14.4 Å². The second kappa shape index (κ2) is 11.1. The molecule has 2 saturated heterocycles. The molecule has 3 aliphatic rings. The first-order chi connectivity index (χ1) is 18.6. The van der Waals surface area contributed by atoms with Crippen molar-refractivity contribution >= 4 is 40.9 Å². The molecular formula is C30H34Cl2FN3O3. The third kappa shape index (κ3) is 5.94. The van der Waals surface area contributed by atoms with Crippen molar-refractivity contribution in [2.45, 2.75) is 51.0 Å². The summed E-state index contributed by atoms with van der Waals surface area (Å²) < 4.78 is 13.3. The molecule has 2 aromatic carbocycles. The maximum atomic E-state index is 13.7. The number of piperidine rings is 1. The van der Waals surface area contributed by atoms with Crippen molar-refractivity contribution in [2.75, 3.05) is 33.2 Å². The van der Waals surface area contributed by atoms with Gasteiger partial charge in [0.25, 0.3) is 0 Å². The molecule has 0 bridgehead atoms. The molecule has 3 fully saturated rings. The predicted molar refractivity (Wildman–Crippen MR) is 149 cm³/mol. The van der Waals surface area contributed by atoms with Crippen molar-refractivity contribution in [1.82, 2.24) is 14.7 Å². The van der Waals surface area contributed by atoms with Crippen LogP contribution in [0.15, 0.2) is 42.5 Å². The summed E-state index contributed by atoms with van der Waals surface area (Å²) in [5.74, 6) is -0.438. The molecular weight excluding hydrogens is 540 g/mol. The number of carbonyl (C=O) groups is 3. The summed E-state index contributed by atoms with van der Waals surface area (Å²) in [5, 5.41) is 0.879. The highest BCUT2D eigenvalue weighted by molar-refractivity contribution is 6.42. The highest BCUT2D eigenvalue weighted by Gasteiger charge is 2.48. The Bertz CT molecular complexity index is 1260. The molecule has 5 rings (SSSR count). The Morgan fingerprint density at radius 1 is 0.974 bits per heavy atom. The molecule has 2 aromatic rings. The molecule has 0 aromatic heterocycles. The minimum Gasteiger partial charge on any atom is -0.342 e. The highest BCUT2D eigenvalue weighted by Crippen LogP contribution is 2.47. The molecule has 0 radical (unpaired) electrons. The minimum absolute atomic E-state index is 0.0756. The number of hydrogen-bond donors (Lipinski definition) is 0. The first-order valence-electron chi connectivity index (χ1n) is 13.6. The van der Waals surface area contributed by atoms with E-state index in [0.717, 1.165) is 24.0 Å². The van der Waals surface area contributed by atoms with Crippen LogP contribution in [0.5, 0.6) is 0 Å². The third-order valence-electron chi connectivity index (χ3n) is 8.78. The quantitative estimate of drug-likeness (QED) is 0.479.